The fraction of sp³-hybridized carbons (Fsp3) is 0.333. The summed E-state index contributed by atoms with van der Waals surface area (Å²) < 4.78 is 2.00. The average Bonchev–Trinajstić information content (AvgIpc) is 3.41. The van der Waals surface area contributed by atoms with Crippen molar-refractivity contribution in [2.45, 2.75) is 38.3 Å². The SMILES string of the molecule is N#Cc1cncc(C2CC=NN2C(=O)C23CC(Cn4ncc5cc(C#N)ccc54)(C2)C3)c1. The second kappa shape index (κ2) is 6.48. The van der Waals surface area contributed by atoms with Crippen LogP contribution in [0.4, 0.5) is 0 Å². The highest BCUT2D eigenvalue weighted by molar-refractivity contribution is 5.88. The molecule has 1 amide bonds. The second-order valence-corrected chi connectivity index (χ2v) is 9.32. The molecule has 32 heavy (non-hydrogen) atoms. The first-order valence-corrected chi connectivity index (χ1v) is 10.6. The van der Waals surface area contributed by atoms with Crippen LogP contribution in [0.25, 0.3) is 10.9 Å². The number of amides is 1. The van der Waals surface area contributed by atoms with Gasteiger partial charge in [-0.3, -0.25) is 14.5 Å². The molecule has 1 aromatic carbocycles. The van der Waals surface area contributed by atoms with E-state index < -0.39 is 0 Å². The lowest BCUT2D eigenvalue weighted by Gasteiger charge is -2.69. The van der Waals surface area contributed by atoms with Crippen molar-refractivity contribution >= 4 is 23.0 Å². The smallest absolute Gasteiger partial charge is 0.249 e. The Bertz CT molecular complexity index is 1370. The summed E-state index contributed by atoms with van der Waals surface area (Å²) in [5, 5.41) is 29.7. The number of aromatic nitrogens is 3. The summed E-state index contributed by atoms with van der Waals surface area (Å²) in [6.45, 7) is 0.776. The predicted octanol–water partition coefficient (Wildman–Crippen LogP) is 3.30. The molecule has 0 N–H and O–H groups in total. The third-order valence-electron chi connectivity index (χ3n) is 7.16. The molecule has 2 bridgehead atoms. The third-order valence-corrected chi connectivity index (χ3v) is 7.16. The number of carbonyl (C=O) groups excluding carboxylic acids is 1. The molecule has 3 aromatic rings. The number of benzene rings is 1. The lowest BCUT2D eigenvalue weighted by Crippen LogP contribution is -2.68. The number of nitriles is 2. The van der Waals surface area contributed by atoms with Crippen molar-refractivity contribution in [1.29, 1.82) is 10.5 Å². The van der Waals surface area contributed by atoms with Gasteiger partial charge in [0, 0.05) is 37.0 Å². The van der Waals surface area contributed by atoms with Crippen LogP contribution in [0.5, 0.6) is 0 Å². The molecule has 8 nitrogen and oxygen atoms in total. The van der Waals surface area contributed by atoms with Gasteiger partial charge in [-0.25, -0.2) is 5.01 Å². The van der Waals surface area contributed by atoms with Crippen LogP contribution in [0.2, 0.25) is 0 Å². The molecule has 1 aliphatic heterocycles. The van der Waals surface area contributed by atoms with E-state index in [4.69, 9.17) is 10.5 Å². The minimum atomic E-state index is -0.336. The van der Waals surface area contributed by atoms with Crippen molar-refractivity contribution in [3.05, 3.63) is 59.5 Å². The molecule has 156 valence electrons. The molecule has 1 unspecified atom stereocenters. The first-order valence-electron chi connectivity index (χ1n) is 10.6. The molecule has 0 saturated heterocycles. The van der Waals surface area contributed by atoms with Gasteiger partial charge < -0.3 is 0 Å². The zero-order chi connectivity index (χ0) is 21.9. The summed E-state index contributed by atoms with van der Waals surface area (Å²) in [5.74, 6) is 0.0736. The predicted molar refractivity (Wildman–Crippen MR) is 115 cm³/mol. The molecule has 3 heterocycles. The van der Waals surface area contributed by atoms with E-state index in [0.29, 0.717) is 17.5 Å². The van der Waals surface area contributed by atoms with Crippen LogP contribution in [0.15, 0.2) is 48.0 Å². The normalized spacial score (nSPS) is 27.4. The molecule has 8 heteroatoms. The fourth-order valence-electron chi connectivity index (χ4n) is 5.82. The minimum Gasteiger partial charge on any atom is -0.272 e. The first-order chi connectivity index (χ1) is 15.5. The summed E-state index contributed by atoms with van der Waals surface area (Å²) in [6.07, 6.45) is 9.96. The Morgan fingerprint density at radius 3 is 2.69 bits per heavy atom. The maximum atomic E-state index is 13.4. The van der Waals surface area contributed by atoms with E-state index in [9.17, 15) is 4.79 Å². The summed E-state index contributed by atoms with van der Waals surface area (Å²) in [6, 6.07) is 11.5. The van der Waals surface area contributed by atoms with E-state index in [1.807, 2.05) is 22.9 Å². The summed E-state index contributed by atoms with van der Waals surface area (Å²) in [4.78, 5) is 17.6. The highest BCUT2D eigenvalue weighted by Gasteiger charge is 2.72. The molecular weight excluding hydrogens is 402 g/mol. The average molecular weight is 421 g/mol. The monoisotopic (exact) mass is 421 g/mol. The second-order valence-electron chi connectivity index (χ2n) is 9.32. The summed E-state index contributed by atoms with van der Waals surface area (Å²) in [7, 11) is 0. The highest BCUT2D eigenvalue weighted by atomic mass is 16.2. The van der Waals surface area contributed by atoms with Gasteiger partial charge in [-0.15, -0.1) is 0 Å². The van der Waals surface area contributed by atoms with Crippen LogP contribution >= 0.6 is 0 Å². The Kier molecular flexibility index (Phi) is 3.79. The van der Waals surface area contributed by atoms with Gasteiger partial charge in [0.15, 0.2) is 0 Å². The number of hydrogen-bond donors (Lipinski definition) is 0. The van der Waals surface area contributed by atoms with E-state index in [1.54, 1.807) is 29.7 Å². The number of fused-ring (bicyclic) bond motifs is 1. The van der Waals surface area contributed by atoms with Crippen LogP contribution < -0.4 is 0 Å². The number of nitrogens with zero attached hydrogens (tertiary/aromatic N) is 7. The summed E-state index contributed by atoms with van der Waals surface area (Å²) >= 11 is 0. The van der Waals surface area contributed by atoms with Crippen LogP contribution in [-0.2, 0) is 11.3 Å². The minimum absolute atomic E-state index is 0.0736. The maximum absolute atomic E-state index is 13.4. The van der Waals surface area contributed by atoms with Crippen molar-refractivity contribution in [3.8, 4) is 12.1 Å². The third kappa shape index (κ3) is 2.59. The number of pyridine rings is 1. The molecular formula is C24H19N7O. The van der Waals surface area contributed by atoms with Gasteiger partial charge in [-0.05, 0) is 54.5 Å². The molecule has 3 aliphatic carbocycles. The molecule has 4 aliphatic rings. The van der Waals surface area contributed by atoms with Gasteiger partial charge in [-0.1, -0.05) is 0 Å². The summed E-state index contributed by atoms with van der Waals surface area (Å²) in [5.41, 5.74) is 2.74. The van der Waals surface area contributed by atoms with Crippen molar-refractivity contribution in [3.63, 3.8) is 0 Å². The first kappa shape index (κ1) is 18.7. The van der Waals surface area contributed by atoms with E-state index in [-0.39, 0.29) is 22.8 Å². The van der Waals surface area contributed by atoms with Crippen LogP contribution in [-0.4, -0.2) is 31.9 Å². The molecule has 3 fully saturated rings. The van der Waals surface area contributed by atoms with Crippen LogP contribution in [0.3, 0.4) is 0 Å². The number of hydrazone groups is 1. The van der Waals surface area contributed by atoms with Gasteiger partial charge >= 0.3 is 0 Å². The van der Waals surface area contributed by atoms with E-state index in [1.165, 1.54) is 6.20 Å². The van der Waals surface area contributed by atoms with Gasteiger partial charge in [0.05, 0.1) is 40.4 Å². The molecule has 7 rings (SSSR count). The van der Waals surface area contributed by atoms with Crippen LogP contribution in [0.1, 0.15) is 48.4 Å². The Labute approximate surface area is 184 Å². The van der Waals surface area contributed by atoms with E-state index in [0.717, 1.165) is 42.3 Å². The van der Waals surface area contributed by atoms with Crippen LogP contribution in [0, 0.1) is 33.5 Å². The van der Waals surface area contributed by atoms with Gasteiger partial charge in [0.25, 0.3) is 0 Å². The maximum Gasteiger partial charge on any atom is 0.249 e. The highest BCUT2D eigenvalue weighted by Crippen LogP contribution is 2.74. The number of rotatable bonds is 4. The standard InChI is InChI=1S/C24H19N7O/c25-7-16-1-2-20-19(5-16)11-29-30(20)15-23-12-24(13-23,14-23)22(32)31-21(3-4-28-31)18-6-17(8-26)9-27-10-18/h1-2,4-6,9-11,21H,3,12-15H2. The zero-order valence-corrected chi connectivity index (χ0v) is 17.3. The zero-order valence-electron chi connectivity index (χ0n) is 17.3. The quantitative estimate of drug-likeness (QED) is 0.642. The number of carbonyl (C=O) groups is 1. The number of hydrogen-bond acceptors (Lipinski definition) is 6. The van der Waals surface area contributed by atoms with Crippen molar-refractivity contribution in [1.82, 2.24) is 19.8 Å². The largest absolute Gasteiger partial charge is 0.272 e. The van der Waals surface area contributed by atoms with Gasteiger partial charge in [0.2, 0.25) is 5.91 Å². The lowest BCUT2D eigenvalue weighted by molar-refractivity contribution is -0.223. The molecule has 0 radical (unpaired) electrons. The fourth-order valence-corrected chi connectivity index (χ4v) is 5.82. The van der Waals surface area contributed by atoms with E-state index >= 15 is 0 Å². The lowest BCUT2D eigenvalue weighted by atomic mass is 9.34. The van der Waals surface area contributed by atoms with Crippen molar-refractivity contribution < 1.29 is 4.79 Å². The topological polar surface area (TPSA) is 111 Å². The Morgan fingerprint density at radius 1 is 1.09 bits per heavy atom. The Morgan fingerprint density at radius 2 is 1.91 bits per heavy atom. The Balaban J connectivity index is 1.17. The molecule has 1 atom stereocenters. The Hall–Kier alpha value is -4.04. The molecule has 2 aromatic heterocycles. The molecule has 0 spiro atoms. The molecule has 3 saturated carbocycles. The van der Waals surface area contributed by atoms with Crippen molar-refractivity contribution in [2.75, 3.05) is 0 Å². The van der Waals surface area contributed by atoms with Gasteiger partial charge in [-0.2, -0.15) is 20.7 Å². The van der Waals surface area contributed by atoms with Gasteiger partial charge in [0.1, 0.15) is 6.07 Å². The van der Waals surface area contributed by atoms with Crippen molar-refractivity contribution in [2.24, 2.45) is 15.9 Å². The van der Waals surface area contributed by atoms with E-state index in [2.05, 4.69) is 27.3 Å².